The van der Waals surface area contributed by atoms with Gasteiger partial charge in [0, 0.05) is 44.4 Å². The molecule has 0 fully saturated rings. The van der Waals surface area contributed by atoms with Gasteiger partial charge in [-0.2, -0.15) is 5.26 Å². The van der Waals surface area contributed by atoms with Crippen LogP contribution >= 0.6 is 0 Å². The van der Waals surface area contributed by atoms with Crippen molar-refractivity contribution in [2.45, 2.75) is 17.7 Å². The van der Waals surface area contributed by atoms with Gasteiger partial charge in [-0.3, -0.25) is 4.79 Å². The smallest absolute Gasteiger partial charge is 0.251 e. The Bertz CT molecular complexity index is 924. The molecule has 2 aromatic rings. The Morgan fingerprint density at radius 2 is 1.86 bits per heavy atom. The summed E-state index contributed by atoms with van der Waals surface area (Å²) in [5.41, 5.74) is 1.38. The molecular formula is C20H24N4O3S. The second-order valence-electron chi connectivity index (χ2n) is 6.20. The molecule has 0 atom stereocenters. The van der Waals surface area contributed by atoms with E-state index in [0.717, 1.165) is 18.7 Å². The van der Waals surface area contributed by atoms with E-state index in [9.17, 15) is 13.2 Å². The molecule has 0 radical (unpaired) electrons. The van der Waals surface area contributed by atoms with Crippen LogP contribution in [0.3, 0.4) is 0 Å². The van der Waals surface area contributed by atoms with Gasteiger partial charge in [0.25, 0.3) is 5.91 Å². The van der Waals surface area contributed by atoms with Crippen LogP contribution < -0.4 is 14.9 Å². The highest BCUT2D eigenvalue weighted by molar-refractivity contribution is 7.89. The number of carbonyl (C=O) groups excluding carboxylic acids is 1. The zero-order chi connectivity index (χ0) is 20.4. The number of nitrogens with one attached hydrogen (secondary N) is 2. The fourth-order valence-electron chi connectivity index (χ4n) is 2.56. The molecule has 8 heteroatoms. The van der Waals surface area contributed by atoms with E-state index in [4.69, 9.17) is 5.26 Å². The SMILES string of the molecule is CN(CCCNC(=O)c1cccc(S(=O)(=O)NCCC#N)c1)c1ccccc1. The summed E-state index contributed by atoms with van der Waals surface area (Å²) in [6.07, 6.45) is 0.835. The lowest BCUT2D eigenvalue weighted by molar-refractivity contribution is 0.0953. The molecule has 0 bridgehead atoms. The molecule has 2 rings (SSSR count). The third kappa shape index (κ3) is 6.37. The minimum atomic E-state index is -3.74. The number of benzene rings is 2. The maximum Gasteiger partial charge on any atom is 0.251 e. The highest BCUT2D eigenvalue weighted by Gasteiger charge is 2.15. The number of para-hydroxylation sites is 1. The lowest BCUT2D eigenvalue weighted by Gasteiger charge is -2.19. The van der Waals surface area contributed by atoms with E-state index in [0.29, 0.717) is 6.54 Å². The van der Waals surface area contributed by atoms with E-state index in [1.807, 2.05) is 43.4 Å². The van der Waals surface area contributed by atoms with Crippen molar-refractivity contribution in [1.82, 2.24) is 10.0 Å². The van der Waals surface area contributed by atoms with Crippen molar-refractivity contribution in [3.63, 3.8) is 0 Å². The summed E-state index contributed by atoms with van der Waals surface area (Å²) in [6, 6.07) is 17.7. The van der Waals surface area contributed by atoms with Crippen molar-refractivity contribution >= 4 is 21.6 Å². The van der Waals surface area contributed by atoms with Crippen LogP contribution in [0.25, 0.3) is 0 Å². The van der Waals surface area contributed by atoms with E-state index in [2.05, 4.69) is 14.9 Å². The second-order valence-corrected chi connectivity index (χ2v) is 7.97. The molecule has 148 valence electrons. The van der Waals surface area contributed by atoms with E-state index in [1.165, 1.54) is 18.2 Å². The molecule has 0 saturated heterocycles. The number of amides is 1. The van der Waals surface area contributed by atoms with E-state index in [-0.39, 0.29) is 29.3 Å². The average Bonchev–Trinajstić information content (AvgIpc) is 2.71. The summed E-state index contributed by atoms with van der Waals surface area (Å²) in [4.78, 5) is 14.4. The third-order valence-electron chi connectivity index (χ3n) is 4.09. The normalized spacial score (nSPS) is 10.9. The Labute approximate surface area is 166 Å². The minimum Gasteiger partial charge on any atom is -0.375 e. The number of anilines is 1. The first kappa shape index (κ1) is 21.4. The largest absolute Gasteiger partial charge is 0.375 e. The summed E-state index contributed by atoms with van der Waals surface area (Å²) < 4.78 is 26.7. The quantitative estimate of drug-likeness (QED) is 0.595. The molecule has 1 amide bonds. The molecule has 0 aliphatic heterocycles. The van der Waals surface area contributed by atoms with Crippen molar-refractivity contribution in [3.05, 3.63) is 60.2 Å². The van der Waals surface area contributed by atoms with Gasteiger partial charge in [-0.25, -0.2) is 13.1 Å². The number of nitrogens with zero attached hydrogens (tertiary/aromatic N) is 2. The molecule has 0 spiro atoms. The Morgan fingerprint density at radius 3 is 2.57 bits per heavy atom. The Balaban J connectivity index is 1.86. The zero-order valence-corrected chi connectivity index (χ0v) is 16.6. The van der Waals surface area contributed by atoms with Gasteiger partial charge in [-0.15, -0.1) is 0 Å². The summed E-state index contributed by atoms with van der Waals surface area (Å²) >= 11 is 0. The molecule has 0 aliphatic carbocycles. The summed E-state index contributed by atoms with van der Waals surface area (Å²) in [7, 11) is -1.75. The summed E-state index contributed by atoms with van der Waals surface area (Å²) in [5, 5.41) is 11.3. The molecule has 2 N–H and O–H groups in total. The number of hydrogen-bond donors (Lipinski definition) is 2. The standard InChI is InChI=1S/C20H24N4O3S/c1-24(18-9-3-2-4-10-18)15-7-13-22-20(25)17-8-5-11-19(16-17)28(26,27)23-14-6-12-21/h2-5,8-11,16,23H,6-7,13-15H2,1H3,(H,22,25). The van der Waals surface area contributed by atoms with Crippen LogP contribution in [0.1, 0.15) is 23.2 Å². The molecule has 2 aromatic carbocycles. The van der Waals surface area contributed by atoms with Crippen molar-refractivity contribution in [3.8, 4) is 6.07 Å². The van der Waals surface area contributed by atoms with Gasteiger partial charge in [-0.1, -0.05) is 24.3 Å². The average molecular weight is 401 g/mol. The molecule has 0 heterocycles. The lowest BCUT2D eigenvalue weighted by Crippen LogP contribution is -2.29. The van der Waals surface area contributed by atoms with Gasteiger partial charge in [-0.05, 0) is 36.8 Å². The summed E-state index contributed by atoms with van der Waals surface area (Å²) in [5.74, 6) is -0.323. The van der Waals surface area contributed by atoms with Crippen LogP contribution in [0.2, 0.25) is 0 Å². The van der Waals surface area contributed by atoms with Gasteiger partial charge in [0.2, 0.25) is 10.0 Å². The second kappa shape index (κ2) is 10.4. The van der Waals surface area contributed by atoms with E-state index < -0.39 is 10.0 Å². The third-order valence-corrected chi connectivity index (χ3v) is 5.55. The van der Waals surface area contributed by atoms with Crippen LogP contribution in [0.15, 0.2) is 59.5 Å². The molecule has 7 nitrogen and oxygen atoms in total. The van der Waals surface area contributed by atoms with Crippen LogP contribution in [0.4, 0.5) is 5.69 Å². The first-order valence-electron chi connectivity index (χ1n) is 8.95. The molecular weight excluding hydrogens is 376 g/mol. The fraction of sp³-hybridized carbons (Fsp3) is 0.300. The van der Waals surface area contributed by atoms with Crippen molar-refractivity contribution < 1.29 is 13.2 Å². The monoisotopic (exact) mass is 400 g/mol. The first-order chi connectivity index (χ1) is 13.4. The predicted octanol–water partition coefficient (Wildman–Crippen LogP) is 2.13. The first-order valence-corrected chi connectivity index (χ1v) is 10.4. The van der Waals surface area contributed by atoms with Crippen LogP contribution in [-0.4, -0.2) is 41.0 Å². The Kier molecular flexibility index (Phi) is 7.99. The minimum absolute atomic E-state index is 0.00176. The number of hydrogen-bond acceptors (Lipinski definition) is 5. The molecule has 28 heavy (non-hydrogen) atoms. The van der Waals surface area contributed by atoms with Crippen LogP contribution in [0.5, 0.6) is 0 Å². The highest BCUT2D eigenvalue weighted by Crippen LogP contribution is 2.12. The number of carbonyl (C=O) groups is 1. The lowest BCUT2D eigenvalue weighted by atomic mass is 10.2. The van der Waals surface area contributed by atoms with Crippen molar-refractivity contribution in [1.29, 1.82) is 5.26 Å². The van der Waals surface area contributed by atoms with Gasteiger partial charge < -0.3 is 10.2 Å². The number of nitriles is 1. The summed E-state index contributed by atoms with van der Waals surface area (Å²) in [6.45, 7) is 1.29. The van der Waals surface area contributed by atoms with E-state index >= 15 is 0 Å². The maximum atomic E-state index is 12.3. The predicted molar refractivity (Wildman–Crippen MR) is 109 cm³/mol. The Morgan fingerprint density at radius 1 is 1.11 bits per heavy atom. The van der Waals surface area contributed by atoms with Crippen molar-refractivity contribution in [2.75, 3.05) is 31.6 Å². The Hall–Kier alpha value is -2.89. The topological polar surface area (TPSA) is 102 Å². The number of rotatable bonds is 10. The molecule has 0 aliphatic rings. The van der Waals surface area contributed by atoms with Gasteiger partial charge >= 0.3 is 0 Å². The van der Waals surface area contributed by atoms with Gasteiger partial charge in [0.05, 0.1) is 11.0 Å². The molecule has 0 unspecified atom stereocenters. The zero-order valence-electron chi connectivity index (χ0n) is 15.8. The maximum absolute atomic E-state index is 12.3. The number of sulfonamides is 1. The van der Waals surface area contributed by atoms with Gasteiger partial charge in [0.15, 0.2) is 0 Å². The fourth-order valence-corrected chi connectivity index (χ4v) is 3.64. The highest BCUT2D eigenvalue weighted by atomic mass is 32.2. The van der Waals surface area contributed by atoms with Crippen molar-refractivity contribution in [2.24, 2.45) is 0 Å². The molecule has 0 aromatic heterocycles. The molecule has 0 saturated carbocycles. The van der Waals surface area contributed by atoms with Gasteiger partial charge in [0.1, 0.15) is 0 Å². The van der Waals surface area contributed by atoms with Crippen LogP contribution in [0, 0.1) is 11.3 Å². The van der Waals surface area contributed by atoms with Crippen LogP contribution in [-0.2, 0) is 10.0 Å². The van der Waals surface area contributed by atoms with E-state index in [1.54, 1.807) is 6.07 Å².